The average molecular weight is 226 g/mol. The maximum Gasteiger partial charge on any atom is 0.234 e. The summed E-state index contributed by atoms with van der Waals surface area (Å²) in [6.45, 7) is 3.48. The molecule has 0 spiro atoms. The van der Waals surface area contributed by atoms with Crippen LogP contribution in [-0.4, -0.2) is 47.2 Å². The van der Waals surface area contributed by atoms with Gasteiger partial charge in [-0.15, -0.1) is 0 Å². The number of amides is 1. The van der Waals surface area contributed by atoms with E-state index >= 15 is 0 Å². The van der Waals surface area contributed by atoms with E-state index in [1.807, 2.05) is 11.8 Å². The Morgan fingerprint density at radius 1 is 1.38 bits per heavy atom. The Bertz CT molecular complexity index is 252. The molecule has 4 nitrogen and oxygen atoms in total. The van der Waals surface area contributed by atoms with Crippen LogP contribution in [0.2, 0.25) is 0 Å². The third-order valence-corrected chi connectivity index (χ3v) is 3.47. The molecule has 2 fully saturated rings. The van der Waals surface area contributed by atoms with E-state index in [-0.39, 0.29) is 5.91 Å². The van der Waals surface area contributed by atoms with Crippen molar-refractivity contribution >= 4 is 5.91 Å². The number of nitrogens with zero attached hydrogens (tertiary/aromatic N) is 1. The first-order chi connectivity index (χ1) is 7.55. The van der Waals surface area contributed by atoms with Crippen molar-refractivity contribution in [1.29, 1.82) is 0 Å². The smallest absolute Gasteiger partial charge is 0.234 e. The number of hydrogen-bond acceptors (Lipinski definition) is 3. The number of β-amino-alcohol motifs (C(OH)–C–C–N with tert-alkyl or cyclic N) is 1. The van der Waals surface area contributed by atoms with E-state index in [1.165, 1.54) is 19.3 Å². The Balaban J connectivity index is 1.65. The van der Waals surface area contributed by atoms with Crippen LogP contribution in [0.5, 0.6) is 0 Å². The molecule has 0 bridgehead atoms. The third kappa shape index (κ3) is 3.19. The van der Waals surface area contributed by atoms with Gasteiger partial charge in [-0.1, -0.05) is 19.3 Å². The normalized spacial score (nSPS) is 26.1. The van der Waals surface area contributed by atoms with Crippen LogP contribution in [0.4, 0.5) is 0 Å². The van der Waals surface area contributed by atoms with E-state index in [2.05, 4.69) is 5.32 Å². The second kappa shape index (κ2) is 4.72. The first-order valence-corrected chi connectivity index (χ1v) is 6.29. The van der Waals surface area contributed by atoms with Gasteiger partial charge in [-0.05, 0) is 19.8 Å². The summed E-state index contributed by atoms with van der Waals surface area (Å²) in [5.41, 5.74) is -0.578. The summed E-state index contributed by atoms with van der Waals surface area (Å²) >= 11 is 0. The second-order valence-corrected chi connectivity index (χ2v) is 5.54. The van der Waals surface area contributed by atoms with Crippen molar-refractivity contribution in [1.82, 2.24) is 10.2 Å². The number of aliphatic hydroxyl groups is 1. The molecule has 1 saturated heterocycles. The highest BCUT2D eigenvalue weighted by Crippen LogP contribution is 2.20. The molecule has 2 aliphatic rings. The van der Waals surface area contributed by atoms with E-state index < -0.39 is 5.60 Å². The Kier molecular flexibility index (Phi) is 3.50. The van der Waals surface area contributed by atoms with Gasteiger partial charge >= 0.3 is 0 Å². The summed E-state index contributed by atoms with van der Waals surface area (Å²) < 4.78 is 0. The second-order valence-electron chi connectivity index (χ2n) is 5.54. The zero-order chi connectivity index (χ0) is 11.6. The molecule has 1 amide bonds. The summed E-state index contributed by atoms with van der Waals surface area (Å²) in [4.78, 5) is 13.7. The largest absolute Gasteiger partial charge is 0.388 e. The van der Waals surface area contributed by atoms with Crippen LogP contribution in [0.15, 0.2) is 0 Å². The molecular formula is C12H22N2O2. The van der Waals surface area contributed by atoms with E-state index in [9.17, 15) is 9.90 Å². The fraction of sp³-hybridized carbons (Fsp3) is 0.917. The molecule has 0 unspecified atom stereocenters. The van der Waals surface area contributed by atoms with Gasteiger partial charge in [0.05, 0.1) is 12.1 Å². The van der Waals surface area contributed by atoms with E-state index in [1.54, 1.807) is 0 Å². The average Bonchev–Trinajstić information content (AvgIpc) is 2.16. The van der Waals surface area contributed by atoms with E-state index in [0.717, 1.165) is 12.8 Å². The molecule has 1 aliphatic heterocycles. The Morgan fingerprint density at radius 3 is 2.56 bits per heavy atom. The molecule has 1 heterocycles. The number of carbonyl (C=O) groups excluding carboxylic acids is 1. The van der Waals surface area contributed by atoms with Crippen molar-refractivity contribution < 1.29 is 9.90 Å². The van der Waals surface area contributed by atoms with Gasteiger partial charge in [0, 0.05) is 19.1 Å². The van der Waals surface area contributed by atoms with Crippen LogP contribution < -0.4 is 5.32 Å². The van der Waals surface area contributed by atoms with Crippen molar-refractivity contribution in [3.8, 4) is 0 Å². The summed E-state index contributed by atoms with van der Waals surface area (Å²) in [5, 5.41) is 12.6. The van der Waals surface area contributed by atoms with Crippen molar-refractivity contribution in [2.24, 2.45) is 0 Å². The monoisotopic (exact) mass is 226 g/mol. The summed E-state index contributed by atoms with van der Waals surface area (Å²) in [7, 11) is 0. The first-order valence-electron chi connectivity index (χ1n) is 6.29. The Labute approximate surface area is 97.0 Å². The van der Waals surface area contributed by atoms with Gasteiger partial charge in [-0.25, -0.2) is 0 Å². The van der Waals surface area contributed by atoms with Crippen LogP contribution in [0.1, 0.15) is 39.0 Å². The third-order valence-electron chi connectivity index (χ3n) is 3.47. The molecule has 0 aromatic heterocycles. The number of hydrogen-bond donors (Lipinski definition) is 2. The summed E-state index contributed by atoms with van der Waals surface area (Å²) in [6.07, 6.45) is 6.04. The topological polar surface area (TPSA) is 52.6 Å². The number of carbonyl (C=O) groups is 1. The highest BCUT2D eigenvalue weighted by molar-refractivity contribution is 5.78. The van der Waals surface area contributed by atoms with Crippen molar-refractivity contribution in [2.45, 2.75) is 50.7 Å². The minimum Gasteiger partial charge on any atom is -0.388 e. The standard InChI is InChI=1S/C12H22N2O2/c1-12(16)8-14(9-12)7-11(15)13-10-5-3-2-4-6-10/h10,16H,2-9H2,1H3,(H,13,15). The number of nitrogens with one attached hydrogen (secondary N) is 1. The maximum atomic E-state index is 11.7. The molecule has 92 valence electrons. The fourth-order valence-electron chi connectivity index (χ4n) is 2.75. The summed E-state index contributed by atoms with van der Waals surface area (Å²) in [6, 6.07) is 0.392. The molecule has 0 radical (unpaired) electrons. The number of likely N-dealkylation sites (tertiary alicyclic amines) is 1. The van der Waals surface area contributed by atoms with Crippen LogP contribution in [0.3, 0.4) is 0 Å². The maximum absolute atomic E-state index is 11.7. The molecular weight excluding hydrogens is 204 g/mol. The van der Waals surface area contributed by atoms with E-state index in [4.69, 9.17) is 0 Å². The SMILES string of the molecule is CC1(O)CN(CC(=O)NC2CCCCC2)C1. The van der Waals surface area contributed by atoms with Gasteiger partial charge in [0.25, 0.3) is 0 Å². The van der Waals surface area contributed by atoms with Crippen LogP contribution in [0, 0.1) is 0 Å². The lowest BCUT2D eigenvalue weighted by Gasteiger charge is -2.43. The minimum atomic E-state index is -0.578. The molecule has 1 saturated carbocycles. The molecule has 1 aliphatic carbocycles. The van der Waals surface area contributed by atoms with Crippen molar-refractivity contribution in [2.75, 3.05) is 19.6 Å². The van der Waals surface area contributed by atoms with Crippen LogP contribution in [0.25, 0.3) is 0 Å². The molecule has 4 heteroatoms. The lowest BCUT2D eigenvalue weighted by Crippen LogP contribution is -2.61. The predicted octanol–water partition coefficient (Wildman–Crippen LogP) is 0.502. The van der Waals surface area contributed by atoms with E-state index in [0.29, 0.717) is 25.7 Å². The van der Waals surface area contributed by atoms with Gasteiger partial charge in [0.2, 0.25) is 5.91 Å². The molecule has 0 aromatic rings. The Morgan fingerprint density at radius 2 is 2.00 bits per heavy atom. The van der Waals surface area contributed by atoms with Gasteiger partial charge in [-0.3, -0.25) is 9.69 Å². The quantitative estimate of drug-likeness (QED) is 0.737. The van der Waals surface area contributed by atoms with Crippen molar-refractivity contribution in [3.63, 3.8) is 0 Å². The highest BCUT2D eigenvalue weighted by atomic mass is 16.3. The highest BCUT2D eigenvalue weighted by Gasteiger charge is 2.37. The molecule has 2 rings (SSSR count). The fourth-order valence-corrected chi connectivity index (χ4v) is 2.75. The molecule has 16 heavy (non-hydrogen) atoms. The number of rotatable bonds is 3. The zero-order valence-electron chi connectivity index (χ0n) is 10.0. The van der Waals surface area contributed by atoms with Crippen LogP contribution >= 0.6 is 0 Å². The van der Waals surface area contributed by atoms with Crippen LogP contribution in [-0.2, 0) is 4.79 Å². The van der Waals surface area contributed by atoms with Gasteiger partial charge < -0.3 is 10.4 Å². The lowest BCUT2D eigenvalue weighted by molar-refractivity contribution is -0.131. The van der Waals surface area contributed by atoms with Gasteiger partial charge in [-0.2, -0.15) is 0 Å². The molecule has 2 N–H and O–H groups in total. The molecule has 0 atom stereocenters. The first kappa shape index (κ1) is 11.9. The van der Waals surface area contributed by atoms with Crippen molar-refractivity contribution in [3.05, 3.63) is 0 Å². The van der Waals surface area contributed by atoms with Gasteiger partial charge in [0.15, 0.2) is 0 Å². The zero-order valence-corrected chi connectivity index (χ0v) is 10.0. The predicted molar refractivity (Wildman–Crippen MR) is 62.1 cm³/mol. The lowest BCUT2D eigenvalue weighted by atomic mass is 9.95. The molecule has 0 aromatic carbocycles. The Hall–Kier alpha value is -0.610. The van der Waals surface area contributed by atoms with Gasteiger partial charge in [0.1, 0.15) is 0 Å². The minimum absolute atomic E-state index is 0.113. The summed E-state index contributed by atoms with van der Waals surface area (Å²) in [5.74, 6) is 0.113.